The van der Waals surface area contributed by atoms with E-state index < -0.39 is 36.4 Å². The summed E-state index contributed by atoms with van der Waals surface area (Å²) in [6.45, 7) is 0.754. The Kier molecular flexibility index (Phi) is 5.48. The van der Waals surface area contributed by atoms with Crippen molar-refractivity contribution in [2.24, 2.45) is 11.8 Å². The zero-order valence-corrected chi connectivity index (χ0v) is 13.1. The lowest BCUT2D eigenvalue weighted by Crippen LogP contribution is -2.38. The summed E-state index contributed by atoms with van der Waals surface area (Å²) >= 11 is 0. The predicted octanol–water partition coefficient (Wildman–Crippen LogP) is 2.06. The third kappa shape index (κ3) is 4.47. The quantitative estimate of drug-likeness (QED) is 0.858. The van der Waals surface area contributed by atoms with Gasteiger partial charge in [-0.15, -0.1) is 0 Å². The Morgan fingerprint density at radius 2 is 1.92 bits per heavy atom. The van der Waals surface area contributed by atoms with E-state index in [1.165, 1.54) is 4.90 Å². The molecule has 0 aromatic heterocycles. The van der Waals surface area contributed by atoms with Crippen molar-refractivity contribution in [3.63, 3.8) is 0 Å². The Morgan fingerprint density at radius 3 is 2.42 bits per heavy atom. The van der Waals surface area contributed by atoms with Crippen LogP contribution < -0.4 is 5.32 Å². The molecule has 1 fully saturated rings. The molecule has 132 valence electrons. The fourth-order valence-electron chi connectivity index (χ4n) is 2.91. The van der Waals surface area contributed by atoms with Gasteiger partial charge >= 0.3 is 12.1 Å². The minimum absolute atomic E-state index is 0.256. The number of nitrogens with one attached hydrogen (secondary N) is 1. The van der Waals surface area contributed by atoms with E-state index in [0.29, 0.717) is 0 Å². The van der Waals surface area contributed by atoms with Crippen molar-refractivity contribution in [2.45, 2.75) is 19.1 Å². The fourth-order valence-corrected chi connectivity index (χ4v) is 2.91. The van der Waals surface area contributed by atoms with Crippen molar-refractivity contribution in [1.82, 2.24) is 10.2 Å². The van der Waals surface area contributed by atoms with Crippen LogP contribution in [0.4, 0.5) is 13.2 Å². The van der Waals surface area contributed by atoms with E-state index in [4.69, 9.17) is 5.11 Å². The predicted molar refractivity (Wildman–Crippen MR) is 80.1 cm³/mol. The van der Waals surface area contributed by atoms with Crippen LogP contribution in [0.25, 0.3) is 0 Å². The summed E-state index contributed by atoms with van der Waals surface area (Å²) < 4.78 is 38.8. The van der Waals surface area contributed by atoms with Gasteiger partial charge in [-0.2, -0.15) is 13.2 Å². The number of nitrogens with zero attached hydrogens (tertiary/aromatic N) is 1. The van der Waals surface area contributed by atoms with Gasteiger partial charge in [0, 0.05) is 13.1 Å². The number of rotatable bonds is 5. The first-order valence-corrected chi connectivity index (χ1v) is 7.54. The van der Waals surface area contributed by atoms with Gasteiger partial charge in [-0.05, 0) is 12.5 Å². The number of alkyl halides is 3. The van der Waals surface area contributed by atoms with Crippen LogP contribution in [0.2, 0.25) is 0 Å². The smallest absolute Gasteiger partial charge is 0.393 e. The number of hydrogen-bond acceptors (Lipinski definition) is 3. The molecule has 1 unspecified atom stereocenters. The SMILES string of the molecule is CC(NC(=O)CN1C[C@@H](C(F)(F)F)[C@H](C(=O)O)C1)c1ccccc1. The molecule has 5 nitrogen and oxygen atoms in total. The van der Waals surface area contributed by atoms with E-state index in [2.05, 4.69) is 5.32 Å². The highest BCUT2D eigenvalue weighted by molar-refractivity contribution is 5.79. The van der Waals surface area contributed by atoms with Crippen LogP contribution in [-0.2, 0) is 9.59 Å². The van der Waals surface area contributed by atoms with Crippen LogP contribution in [0, 0.1) is 11.8 Å². The van der Waals surface area contributed by atoms with Crippen molar-refractivity contribution >= 4 is 11.9 Å². The Morgan fingerprint density at radius 1 is 1.29 bits per heavy atom. The van der Waals surface area contributed by atoms with Crippen LogP contribution in [0.15, 0.2) is 30.3 Å². The molecule has 1 amide bonds. The Bertz CT molecular complexity index is 592. The van der Waals surface area contributed by atoms with E-state index in [9.17, 15) is 22.8 Å². The lowest BCUT2D eigenvalue weighted by atomic mass is 9.96. The Labute approximate surface area is 137 Å². The maximum atomic E-state index is 12.9. The number of carboxylic acid groups (broad SMARTS) is 1. The minimum Gasteiger partial charge on any atom is -0.481 e. The summed E-state index contributed by atoms with van der Waals surface area (Å²) in [6, 6.07) is 8.87. The van der Waals surface area contributed by atoms with E-state index in [1.54, 1.807) is 6.92 Å². The molecule has 0 bridgehead atoms. The molecule has 1 aliphatic heterocycles. The molecule has 0 aliphatic carbocycles. The molecule has 24 heavy (non-hydrogen) atoms. The molecule has 0 saturated carbocycles. The maximum Gasteiger partial charge on any atom is 0.393 e. The van der Waals surface area contributed by atoms with E-state index in [-0.39, 0.29) is 19.1 Å². The Balaban J connectivity index is 1.94. The summed E-state index contributed by atoms with van der Waals surface area (Å²) in [5, 5.41) is 11.7. The third-order valence-corrected chi connectivity index (χ3v) is 4.18. The molecule has 1 aromatic rings. The molecule has 1 saturated heterocycles. The number of carbonyl (C=O) groups excluding carboxylic acids is 1. The molecule has 1 aliphatic rings. The van der Waals surface area contributed by atoms with Gasteiger partial charge in [0.15, 0.2) is 0 Å². The fraction of sp³-hybridized carbons (Fsp3) is 0.500. The van der Waals surface area contributed by atoms with E-state index in [1.807, 2.05) is 30.3 Å². The number of carboxylic acids is 1. The average molecular weight is 344 g/mol. The first kappa shape index (κ1) is 18.3. The van der Waals surface area contributed by atoms with Crippen LogP contribution in [0.5, 0.6) is 0 Å². The molecule has 0 spiro atoms. The number of hydrogen-bond donors (Lipinski definition) is 2. The lowest BCUT2D eigenvalue weighted by Gasteiger charge is -2.19. The number of amides is 1. The van der Waals surface area contributed by atoms with Crippen molar-refractivity contribution in [3.05, 3.63) is 35.9 Å². The second-order valence-electron chi connectivity index (χ2n) is 5.99. The topological polar surface area (TPSA) is 69.6 Å². The summed E-state index contributed by atoms with van der Waals surface area (Å²) in [5.74, 6) is -5.41. The van der Waals surface area contributed by atoms with Crippen LogP contribution in [0.3, 0.4) is 0 Å². The molecule has 2 N–H and O–H groups in total. The number of carbonyl (C=O) groups is 2. The van der Waals surface area contributed by atoms with E-state index in [0.717, 1.165) is 5.56 Å². The number of aliphatic carboxylic acids is 1. The van der Waals surface area contributed by atoms with E-state index >= 15 is 0 Å². The lowest BCUT2D eigenvalue weighted by molar-refractivity contribution is -0.188. The standard InChI is InChI=1S/C16H19F3N2O3/c1-10(11-5-3-2-4-6-11)20-14(22)9-21-7-12(15(23)24)13(8-21)16(17,18)19/h2-6,10,12-13H,7-9H2,1H3,(H,20,22)(H,23,24)/t10?,12-,13-/m1/s1. The highest BCUT2D eigenvalue weighted by Gasteiger charge is 2.52. The van der Waals surface area contributed by atoms with Gasteiger partial charge in [-0.25, -0.2) is 0 Å². The molecular weight excluding hydrogens is 325 g/mol. The first-order valence-electron chi connectivity index (χ1n) is 7.54. The van der Waals surface area contributed by atoms with Gasteiger partial charge < -0.3 is 10.4 Å². The molecule has 1 aromatic carbocycles. The highest BCUT2D eigenvalue weighted by atomic mass is 19.4. The monoisotopic (exact) mass is 344 g/mol. The molecule has 3 atom stereocenters. The second kappa shape index (κ2) is 7.21. The highest BCUT2D eigenvalue weighted by Crippen LogP contribution is 2.37. The van der Waals surface area contributed by atoms with Gasteiger partial charge in [0.05, 0.1) is 24.4 Å². The van der Waals surface area contributed by atoms with Gasteiger partial charge in [0.2, 0.25) is 5.91 Å². The molecule has 1 heterocycles. The molecule has 8 heteroatoms. The van der Waals surface area contributed by atoms with Gasteiger partial charge in [0.1, 0.15) is 0 Å². The zero-order chi connectivity index (χ0) is 17.9. The van der Waals surface area contributed by atoms with Crippen molar-refractivity contribution in [1.29, 1.82) is 0 Å². The normalized spacial score (nSPS) is 23.0. The zero-order valence-electron chi connectivity index (χ0n) is 13.1. The third-order valence-electron chi connectivity index (χ3n) is 4.18. The number of halogens is 3. The number of benzene rings is 1. The van der Waals surface area contributed by atoms with Crippen molar-refractivity contribution in [2.75, 3.05) is 19.6 Å². The van der Waals surface area contributed by atoms with Crippen molar-refractivity contribution < 1.29 is 27.9 Å². The maximum absolute atomic E-state index is 12.9. The van der Waals surface area contributed by atoms with Gasteiger partial charge in [-0.1, -0.05) is 30.3 Å². The largest absolute Gasteiger partial charge is 0.481 e. The van der Waals surface area contributed by atoms with Crippen molar-refractivity contribution in [3.8, 4) is 0 Å². The molecule has 0 radical (unpaired) electrons. The summed E-state index contributed by atoms with van der Waals surface area (Å²) in [6.07, 6.45) is -4.59. The first-order chi connectivity index (χ1) is 11.2. The second-order valence-corrected chi connectivity index (χ2v) is 5.99. The molecule has 2 rings (SSSR count). The number of likely N-dealkylation sites (tertiary alicyclic amines) is 1. The van der Waals surface area contributed by atoms with Gasteiger partial charge in [0.25, 0.3) is 0 Å². The van der Waals surface area contributed by atoms with Gasteiger partial charge in [-0.3, -0.25) is 14.5 Å². The summed E-state index contributed by atoms with van der Waals surface area (Å²) in [4.78, 5) is 24.3. The summed E-state index contributed by atoms with van der Waals surface area (Å²) in [5.41, 5.74) is 0.879. The molecular formula is C16H19F3N2O3. The average Bonchev–Trinajstić information content (AvgIpc) is 2.92. The van der Waals surface area contributed by atoms with Crippen LogP contribution >= 0.6 is 0 Å². The van der Waals surface area contributed by atoms with Crippen LogP contribution in [0.1, 0.15) is 18.5 Å². The van der Waals surface area contributed by atoms with Crippen LogP contribution in [-0.4, -0.2) is 47.7 Å². The Hall–Kier alpha value is -2.09. The summed E-state index contributed by atoms with van der Waals surface area (Å²) in [7, 11) is 0. The minimum atomic E-state index is -4.59.